The lowest BCUT2D eigenvalue weighted by molar-refractivity contribution is -0.119. The molecule has 4 heteroatoms. The molecule has 0 aliphatic heterocycles. The zero-order chi connectivity index (χ0) is 17.2. The molecule has 0 rings (SSSR count). The third-order valence-corrected chi connectivity index (χ3v) is 4.81. The van der Waals surface area contributed by atoms with Gasteiger partial charge in [0.15, 0.2) is 0 Å². The molecule has 23 heavy (non-hydrogen) atoms. The van der Waals surface area contributed by atoms with E-state index in [0.29, 0.717) is 5.75 Å². The maximum Gasteiger partial charge on any atom is 0.235 e. The van der Waals surface area contributed by atoms with Crippen molar-refractivity contribution in [3.8, 4) is 0 Å². The van der Waals surface area contributed by atoms with Crippen LogP contribution >= 0.6 is 12.6 Å². The molecule has 0 saturated carbocycles. The largest absolute Gasteiger partial charge is 0.368 e. The molecule has 1 amide bonds. The Kier molecular flexibility index (Phi) is 18.0. The van der Waals surface area contributed by atoms with E-state index in [9.17, 15) is 4.79 Å². The fourth-order valence-electron chi connectivity index (χ4n) is 2.85. The van der Waals surface area contributed by atoms with Gasteiger partial charge in [-0.1, -0.05) is 90.4 Å². The molecule has 0 bridgehead atoms. The molecule has 0 aliphatic rings. The smallest absolute Gasteiger partial charge is 0.235 e. The minimum absolute atomic E-state index is 0.277. The first-order chi connectivity index (χ1) is 11.2. The van der Waals surface area contributed by atoms with Gasteiger partial charge in [0, 0.05) is 5.75 Å². The van der Waals surface area contributed by atoms with Crippen LogP contribution in [0, 0.1) is 0 Å². The van der Waals surface area contributed by atoms with Crippen LogP contribution in [0.2, 0.25) is 0 Å². The molecule has 0 heterocycles. The SMILES string of the molecule is CCCCCCCCCCCCCCCCN[C@@H](CS)C(N)=O. The Hall–Kier alpha value is -0.220. The fraction of sp³-hybridized carbons (Fsp3) is 0.947. The number of hydrogen-bond acceptors (Lipinski definition) is 3. The number of amides is 1. The number of carbonyl (C=O) groups excluding carboxylic acids is 1. The number of carbonyl (C=O) groups is 1. The number of unbranched alkanes of at least 4 members (excludes halogenated alkanes) is 13. The molecule has 0 unspecified atom stereocenters. The number of rotatable bonds is 18. The van der Waals surface area contributed by atoms with E-state index >= 15 is 0 Å². The van der Waals surface area contributed by atoms with Gasteiger partial charge in [-0.15, -0.1) is 0 Å². The van der Waals surface area contributed by atoms with E-state index in [1.165, 1.54) is 83.5 Å². The fourth-order valence-corrected chi connectivity index (χ4v) is 3.16. The van der Waals surface area contributed by atoms with Crippen molar-refractivity contribution in [2.45, 2.75) is 103 Å². The summed E-state index contributed by atoms with van der Waals surface area (Å²) in [6.45, 7) is 3.14. The average molecular weight is 345 g/mol. The Bertz CT molecular complexity index is 262. The maximum absolute atomic E-state index is 11.0. The second-order valence-electron chi connectivity index (χ2n) is 6.69. The quantitative estimate of drug-likeness (QED) is 0.246. The molecule has 0 radical (unpaired) electrons. The van der Waals surface area contributed by atoms with E-state index in [-0.39, 0.29) is 11.9 Å². The topological polar surface area (TPSA) is 55.1 Å². The Morgan fingerprint density at radius 2 is 1.22 bits per heavy atom. The highest BCUT2D eigenvalue weighted by Crippen LogP contribution is 2.12. The van der Waals surface area contributed by atoms with Crippen LogP contribution in [0.1, 0.15) is 96.8 Å². The predicted octanol–water partition coefficient (Wildman–Crippen LogP) is 4.84. The highest BCUT2D eigenvalue weighted by molar-refractivity contribution is 7.80. The molecular formula is C19H40N2OS. The number of nitrogens with two attached hydrogens (primary N) is 1. The summed E-state index contributed by atoms with van der Waals surface area (Å²) in [5, 5.41) is 3.16. The van der Waals surface area contributed by atoms with Gasteiger partial charge in [-0.25, -0.2) is 0 Å². The van der Waals surface area contributed by atoms with Crippen molar-refractivity contribution < 1.29 is 4.79 Å². The van der Waals surface area contributed by atoms with Crippen molar-refractivity contribution >= 4 is 18.5 Å². The predicted molar refractivity (Wildman–Crippen MR) is 105 cm³/mol. The Morgan fingerprint density at radius 3 is 1.57 bits per heavy atom. The maximum atomic E-state index is 11.0. The van der Waals surface area contributed by atoms with Gasteiger partial charge in [-0.2, -0.15) is 12.6 Å². The Balaban J connectivity index is 3.12. The van der Waals surface area contributed by atoms with Crippen LogP contribution in [-0.4, -0.2) is 24.2 Å². The van der Waals surface area contributed by atoms with Gasteiger partial charge in [0.05, 0.1) is 6.04 Å². The summed E-state index contributed by atoms with van der Waals surface area (Å²) >= 11 is 4.12. The number of hydrogen-bond donors (Lipinski definition) is 3. The monoisotopic (exact) mass is 344 g/mol. The molecule has 1 atom stereocenters. The van der Waals surface area contributed by atoms with Gasteiger partial charge in [-0.3, -0.25) is 4.79 Å². The Morgan fingerprint density at radius 1 is 0.826 bits per heavy atom. The summed E-state index contributed by atoms with van der Waals surface area (Å²) in [5.41, 5.74) is 5.26. The molecule has 138 valence electrons. The van der Waals surface area contributed by atoms with Crippen LogP contribution < -0.4 is 11.1 Å². The molecule has 0 aromatic heterocycles. The first-order valence-corrected chi connectivity index (χ1v) is 10.5. The van der Waals surface area contributed by atoms with Crippen LogP contribution in [0.5, 0.6) is 0 Å². The minimum Gasteiger partial charge on any atom is -0.368 e. The van der Waals surface area contributed by atoms with E-state index in [0.717, 1.165) is 13.0 Å². The van der Waals surface area contributed by atoms with Crippen molar-refractivity contribution in [3.05, 3.63) is 0 Å². The minimum atomic E-state index is -0.301. The molecule has 0 aliphatic carbocycles. The lowest BCUT2D eigenvalue weighted by atomic mass is 10.0. The molecule has 0 aromatic carbocycles. The summed E-state index contributed by atoms with van der Waals surface area (Å²) in [6, 6.07) is -0.277. The highest BCUT2D eigenvalue weighted by Gasteiger charge is 2.10. The van der Waals surface area contributed by atoms with E-state index < -0.39 is 0 Å². The summed E-state index contributed by atoms with van der Waals surface area (Å²) in [6.07, 6.45) is 19.1. The number of thiol groups is 1. The van der Waals surface area contributed by atoms with Gasteiger partial charge in [0.1, 0.15) is 0 Å². The summed E-state index contributed by atoms with van der Waals surface area (Å²) in [5.74, 6) is 0.180. The molecule has 0 spiro atoms. The van der Waals surface area contributed by atoms with E-state index in [4.69, 9.17) is 5.73 Å². The molecule has 3 N–H and O–H groups in total. The Labute approximate surface area is 150 Å². The average Bonchev–Trinajstić information content (AvgIpc) is 2.54. The number of nitrogens with one attached hydrogen (secondary N) is 1. The zero-order valence-electron chi connectivity index (χ0n) is 15.3. The second-order valence-corrected chi connectivity index (χ2v) is 7.05. The summed E-state index contributed by atoms with van der Waals surface area (Å²) in [7, 11) is 0. The van der Waals surface area contributed by atoms with Crippen molar-refractivity contribution in [2.24, 2.45) is 5.73 Å². The first kappa shape index (κ1) is 22.8. The van der Waals surface area contributed by atoms with Crippen molar-refractivity contribution in [1.29, 1.82) is 0 Å². The third-order valence-electron chi connectivity index (χ3n) is 4.45. The van der Waals surface area contributed by atoms with E-state index in [2.05, 4.69) is 24.9 Å². The van der Waals surface area contributed by atoms with Gasteiger partial charge >= 0.3 is 0 Å². The van der Waals surface area contributed by atoms with E-state index in [1.54, 1.807) is 0 Å². The molecule has 3 nitrogen and oxygen atoms in total. The van der Waals surface area contributed by atoms with Crippen LogP contribution in [0.15, 0.2) is 0 Å². The summed E-state index contributed by atoms with van der Waals surface area (Å²) in [4.78, 5) is 11.0. The third kappa shape index (κ3) is 16.4. The number of primary amides is 1. The normalized spacial score (nSPS) is 12.4. The van der Waals surface area contributed by atoms with Crippen LogP contribution in [0.3, 0.4) is 0 Å². The van der Waals surface area contributed by atoms with Crippen LogP contribution in [0.25, 0.3) is 0 Å². The molecule has 0 aromatic rings. The van der Waals surface area contributed by atoms with Crippen molar-refractivity contribution in [3.63, 3.8) is 0 Å². The lowest BCUT2D eigenvalue weighted by Gasteiger charge is -2.12. The summed E-state index contributed by atoms with van der Waals surface area (Å²) < 4.78 is 0. The van der Waals surface area contributed by atoms with Gasteiger partial charge < -0.3 is 11.1 Å². The standard InChI is InChI=1S/C19H40N2OS/c1-2-3-4-5-6-7-8-9-10-11-12-13-14-15-16-21-18(17-23)19(20)22/h18,21,23H,2-17H2,1H3,(H2,20,22)/t18-/m0/s1. The zero-order valence-corrected chi connectivity index (χ0v) is 16.2. The molecule has 0 fully saturated rings. The first-order valence-electron chi connectivity index (χ1n) is 9.86. The van der Waals surface area contributed by atoms with Gasteiger partial charge in [0.2, 0.25) is 5.91 Å². The second kappa shape index (κ2) is 18.1. The van der Waals surface area contributed by atoms with Crippen LogP contribution in [-0.2, 0) is 4.79 Å². The lowest BCUT2D eigenvalue weighted by Crippen LogP contribution is -2.43. The highest BCUT2D eigenvalue weighted by atomic mass is 32.1. The van der Waals surface area contributed by atoms with Crippen molar-refractivity contribution in [2.75, 3.05) is 12.3 Å². The molecule has 0 saturated heterocycles. The van der Waals surface area contributed by atoms with Gasteiger partial charge in [0.25, 0.3) is 0 Å². The van der Waals surface area contributed by atoms with Crippen LogP contribution in [0.4, 0.5) is 0 Å². The van der Waals surface area contributed by atoms with Gasteiger partial charge in [-0.05, 0) is 13.0 Å². The van der Waals surface area contributed by atoms with E-state index in [1.807, 2.05) is 0 Å². The van der Waals surface area contributed by atoms with Crippen molar-refractivity contribution in [1.82, 2.24) is 5.32 Å². The molecular weight excluding hydrogens is 304 g/mol.